The smallest absolute Gasteiger partial charge is 0.237 e. The Labute approximate surface area is 112 Å². The number of carbonyl (C=O) groups excluding carboxylic acids is 1. The fourth-order valence-corrected chi connectivity index (χ4v) is 1.76. The third-order valence-electron chi connectivity index (χ3n) is 2.95. The topological polar surface area (TPSA) is 88.2 Å². The van der Waals surface area contributed by atoms with E-state index in [9.17, 15) is 4.79 Å². The number of amidine groups is 1. The lowest BCUT2D eigenvalue weighted by atomic mass is 10.0. The van der Waals surface area contributed by atoms with Gasteiger partial charge >= 0.3 is 0 Å². The predicted octanol–water partition coefficient (Wildman–Crippen LogP) is 1.43. The van der Waals surface area contributed by atoms with Gasteiger partial charge in [0, 0.05) is 18.8 Å². The Hall–Kier alpha value is -2.24. The van der Waals surface area contributed by atoms with Crippen LogP contribution in [0.25, 0.3) is 0 Å². The van der Waals surface area contributed by atoms with E-state index in [2.05, 4.69) is 5.16 Å². The lowest BCUT2D eigenvalue weighted by Gasteiger charge is -2.22. The zero-order valence-corrected chi connectivity index (χ0v) is 11.3. The van der Waals surface area contributed by atoms with Gasteiger partial charge < -0.3 is 20.6 Å². The molecule has 0 aliphatic heterocycles. The lowest BCUT2D eigenvalue weighted by molar-refractivity contribution is -0.120. The highest BCUT2D eigenvalue weighted by Crippen LogP contribution is 2.22. The summed E-state index contributed by atoms with van der Waals surface area (Å²) in [6, 6.07) is 7.13. The van der Waals surface area contributed by atoms with Crippen LogP contribution >= 0.6 is 0 Å². The Bertz CT molecular complexity index is 474. The number of anilines is 1. The number of ether oxygens (including phenoxy) is 1. The number of carbonyl (C=O) groups is 1. The van der Waals surface area contributed by atoms with Gasteiger partial charge in [-0.25, -0.2) is 0 Å². The summed E-state index contributed by atoms with van der Waals surface area (Å²) < 4.78 is 5.11. The highest BCUT2D eigenvalue weighted by molar-refractivity contribution is 6.08. The Morgan fingerprint density at radius 3 is 2.79 bits per heavy atom. The zero-order valence-electron chi connectivity index (χ0n) is 11.3. The zero-order chi connectivity index (χ0) is 14.4. The fourth-order valence-electron chi connectivity index (χ4n) is 1.76. The number of oxime groups is 1. The first-order valence-electron chi connectivity index (χ1n) is 5.94. The van der Waals surface area contributed by atoms with Gasteiger partial charge in [-0.05, 0) is 18.6 Å². The van der Waals surface area contributed by atoms with Crippen molar-refractivity contribution in [2.24, 2.45) is 16.8 Å². The molecule has 6 nitrogen and oxygen atoms in total. The number of nitrogens with zero attached hydrogens (tertiary/aromatic N) is 2. The average Bonchev–Trinajstić information content (AvgIpc) is 2.46. The van der Waals surface area contributed by atoms with Crippen LogP contribution in [-0.4, -0.2) is 31.1 Å². The molecule has 3 N–H and O–H groups in total. The SMILES string of the molecule is CCC(C(=O)N(C)c1cccc(OC)c1)C(N)=NO. The monoisotopic (exact) mass is 265 g/mol. The maximum Gasteiger partial charge on any atom is 0.237 e. The Morgan fingerprint density at radius 1 is 1.58 bits per heavy atom. The second-order valence-corrected chi connectivity index (χ2v) is 4.08. The summed E-state index contributed by atoms with van der Waals surface area (Å²) in [5, 5.41) is 11.6. The maximum absolute atomic E-state index is 12.3. The second kappa shape index (κ2) is 6.63. The quantitative estimate of drug-likeness (QED) is 0.365. The largest absolute Gasteiger partial charge is 0.497 e. The number of hydrogen-bond donors (Lipinski definition) is 2. The molecule has 1 rings (SSSR count). The molecule has 1 unspecified atom stereocenters. The summed E-state index contributed by atoms with van der Waals surface area (Å²) in [6.45, 7) is 1.81. The second-order valence-electron chi connectivity index (χ2n) is 4.08. The highest BCUT2D eigenvalue weighted by Gasteiger charge is 2.25. The molecule has 0 saturated carbocycles. The predicted molar refractivity (Wildman–Crippen MR) is 73.6 cm³/mol. The molecule has 1 aromatic carbocycles. The van der Waals surface area contributed by atoms with E-state index in [-0.39, 0.29) is 11.7 Å². The summed E-state index contributed by atoms with van der Waals surface area (Å²) in [5.41, 5.74) is 6.22. The van der Waals surface area contributed by atoms with Crippen molar-refractivity contribution in [3.05, 3.63) is 24.3 Å². The molecule has 0 aromatic heterocycles. The van der Waals surface area contributed by atoms with Crippen LogP contribution in [-0.2, 0) is 4.79 Å². The van der Waals surface area contributed by atoms with Crippen molar-refractivity contribution < 1.29 is 14.7 Å². The minimum Gasteiger partial charge on any atom is -0.497 e. The standard InChI is InChI=1S/C13H19N3O3/c1-4-11(12(14)15-18)13(17)16(2)9-6-5-7-10(8-9)19-3/h5-8,11,18H,4H2,1-3H3,(H2,14,15). The van der Waals surface area contributed by atoms with E-state index in [0.29, 0.717) is 17.9 Å². The third-order valence-corrected chi connectivity index (χ3v) is 2.95. The fraction of sp³-hybridized carbons (Fsp3) is 0.385. The Morgan fingerprint density at radius 2 is 2.26 bits per heavy atom. The molecule has 0 aliphatic rings. The van der Waals surface area contributed by atoms with Crippen LogP contribution in [0.5, 0.6) is 5.75 Å². The molecular formula is C13H19N3O3. The molecule has 0 heterocycles. The molecule has 19 heavy (non-hydrogen) atoms. The minimum absolute atomic E-state index is 0.0813. The normalized spacial score (nSPS) is 12.9. The Balaban J connectivity index is 2.97. The van der Waals surface area contributed by atoms with Crippen LogP contribution < -0.4 is 15.4 Å². The molecule has 1 aromatic rings. The van der Waals surface area contributed by atoms with E-state index < -0.39 is 5.92 Å². The van der Waals surface area contributed by atoms with Crippen LogP contribution in [0.2, 0.25) is 0 Å². The van der Waals surface area contributed by atoms with Crippen molar-refractivity contribution in [3.63, 3.8) is 0 Å². The molecule has 0 bridgehead atoms. The number of methoxy groups -OCH3 is 1. The summed E-state index contributed by atoms with van der Waals surface area (Å²) in [5.74, 6) is -0.288. The average molecular weight is 265 g/mol. The van der Waals surface area contributed by atoms with Gasteiger partial charge in [-0.15, -0.1) is 0 Å². The molecule has 0 saturated heterocycles. The van der Waals surface area contributed by atoms with Crippen molar-refractivity contribution in [3.8, 4) is 5.75 Å². The van der Waals surface area contributed by atoms with E-state index in [1.807, 2.05) is 0 Å². The van der Waals surface area contributed by atoms with Gasteiger partial charge in [-0.2, -0.15) is 0 Å². The highest BCUT2D eigenvalue weighted by atomic mass is 16.5. The van der Waals surface area contributed by atoms with Crippen LogP contribution in [0, 0.1) is 5.92 Å². The van der Waals surface area contributed by atoms with E-state index in [1.54, 1.807) is 45.3 Å². The van der Waals surface area contributed by atoms with E-state index >= 15 is 0 Å². The van der Waals surface area contributed by atoms with Gasteiger partial charge in [0.2, 0.25) is 5.91 Å². The number of hydrogen-bond acceptors (Lipinski definition) is 4. The van der Waals surface area contributed by atoms with Gasteiger partial charge in [0.25, 0.3) is 0 Å². The van der Waals surface area contributed by atoms with Gasteiger partial charge in [-0.3, -0.25) is 4.79 Å². The molecule has 0 radical (unpaired) electrons. The molecule has 1 atom stereocenters. The van der Waals surface area contributed by atoms with Crippen LogP contribution in [0.15, 0.2) is 29.4 Å². The molecule has 0 spiro atoms. The molecule has 0 fully saturated rings. The summed E-state index contributed by atoms with van der Waals surface area (Å²) >= 11 is 0. The molecule has 1 amide bonds. The van der Waals surface area contributed by atoms with Gasteiger partial charge in [0.15, 0.2) is 5.84 Å². The van der Waals surface area contributed by atoms with E-state index in [1.165, 1.54) is 4.90 Å². The number of benzene rings is 1. The molecule has 104 valence electrons. The van der Waals surface area contributed by atoms with Crippen molar-refractivity contribution in [1.29, 1.82) is 0 Å². The van der Waals surface area contributed by atoms with Gasteiger partial charge in [-0.1, -0.05) is 18.1 Å². The van der Waals surface area contributed by atoms with Gasteiger partial charge in [0.05, 0.1) is 13.0 Å². The van der Waals surface area contributed by atoms with E-state index in [0.717, 1.165) is 0 Å². The van der Waals surface area contributed by atoms with Crippen molar-refractivity contribution in [2.45, 2.75) is 13.3 Å². The summed E-state index contributed by atoms with van der Waals surface area (Å²) in [6.07, 6.45) is 0.461. The van der Waals surface area contributed by atoms with Crippen molar-refractivity contribution >= 4 is 17.4 Å². The van der Waals surface area contributed by atoms with Gasteiger partial charge in [0.1, 0.15) is 5.75 Å². The van der Waals surface area contributed by atoms with Crippen molar-refractivity contribution in [2.75, 3.05) is 19.1 Å². The van der Waals surface area contributed by atoms with Crippen LogP contribution in [0.3, 0.4) is 0 Å². The van der Waals surface area contributed by atoms with Crippen molar-refractivity contribution in [1.82, 2.24) is 0 Å². The first-order chi connectivity index (χ1) is 9.04. The maximum atomic E-state index is 12.3. The number of rotatable bonds is 5. The molecule has 6 heteroatoms. The molecule has 0 aliphatic carbocycles. The summed E-state index contributed by atoms with van der Waals surface area (Å²) in [4.78, 5) is 13.8. The lowest BCUT2D eigenvalue weighted by Crippen LogP contribution is -2.39. The number of amides is 1. The first-order valence-corrected chi connectivity index (χ1v) is 5.94. The molecular weight excluding hydrogens is 246 g/mol. The summed E-state index contributed by atoms with van der Waals surface area (Å²) in [7, 11) is 3.20. The first kappa shape index (κ1) is 14.8. The Kier molecular flexibility index (Phi) is 5.17. The number of nitrogens with two attached hydrogens (primary N) is 1. The third kappa shape index (κ3) is 3.37. The van der Waals surface area contributed by atoms with Crippen LogP contribution in [0.4, 0.5) is 5.69 Å². The van der Waals surface area contributed by atoms with Crippen LogP contribution in [0.1, 0.15) is 13.3 Å². The van der Waals surface area contributed by atoms with E-state index in [4.69, 9.17) is 15.7 Å². The minimum atomic E-state index is -0.638.